The van der Waals surface area contributed by atoms with Crippen LogP contribution in [-0.2, 0) is 11.8 Å². The number of hydrogen-bond acceptors (Lipinski definition) is 4. The van der Waals surface area contributed by atoms with Crippen LogP contribution in [0.25, 0.3) is 10.9 Å². The van der Waals surface area contributed by atoms with E-state index in [0.717, 1.165) is 4.47 Å². The normalized spacial score (nSPS) is 12.0. The largest absolute Gasteiger partial charge is 0.383 e. The molecule has 0 spiro atoms. The molecule has 1 heterocycles. The smallest absolute Gasteiger partial charge is 0.322 e. The second kappa shape index (κ2) is 9.59. The molecule has 1 unspecified atom stereocenters. The molecule has 0 saturated heterocycles. The fourth-order valence-electron chi connectivity index (χ4n) is 3.18. The molecule has 0 saturated carbocycles. The molecule has 158 valence electrons. The van der Waals surface area contributed by atoms with Gasteiger partial charge in [0, 0.05) is 30.2 Å². The Kier molecular flexibility index (Phi) is 7.12. The predicted octanol–water partition coefficient (Wildman–Crippen LogP) is 4.59. The molecule has 0 aliphatic heterocycles. The number of urea groups is 1. The molecule has 3 aromatic rings. The molecule has 0 fully saturated rings. The summed E-state index contributed by atoms with van der Waals surface area (Å²) >= 11 is 9.52. The average molecular weight is 494 g/mol. The van der Waals surface area contributed by atoms with Gasteiger partial charge in [-0.3, -0.25) is 9.36 Å². The molecule has 1 N–H and O–H groups in total. The van der Waals surface area contributed by atoms with Gasteiger partial charge in [-0.05, 0) is 53.2 Å². The second-order valence-electron chi connectivity index (χ2n) is 6.77. The lowest BCUT2D eigenvalue weighted by atomic mass is 10.2. The molecule has 0 aliphatic carbocycles. The number of benzene rings is 2. The first kappa shape index (κ1) is 22.3. The highest BCUT2D eigenvalue weighted by Gasteiger charge is 2.26. The minimum Gasteiger partial charge on any atom is -0.383 e. The Hall–Kier alpha value is -2.42. The van der Waals surface area contributed by atoms with Crippen molar-refractivity contribution < 1.29 is 9.53 Å². The third kappa shape index (κ3) is 4.66. The van der Waals surface area contributed by atoms with Gasteiger partial charge in [0.05, 0.1) is 29.2 Å². The van der Waals surface area contributed by atoms with Crippen molar-refractivity contribution in [3.63, 3.8) is 0 Å². The SMILES string of the molecule is COCCN(C(=O)Nc1ccccc1Br)C(C)c1nc2cc(Cl)ccc2c(=O)n1C. The molecule has 2 aromatic carbocycles. The lowest BCUT2D eigenvalue weighted by Crippen LogP contribution is -2.41. The quantitative estimate of drug-likeness (QED) is 0.545. The van der Waals surface area contributed by atoms with Crippen LogP contribution in [0.2, 0.25) is 5.02 Å². The summed E-state index contributed by atoms with van der Waals surface area (Å²) < 4.78 is 7.42. The lowest BCUT2D eigenvalue weighted by molar-refractivity contribution is 0.136. The predicted molar refractivity (Wildman–Crippen MR) is 122 cm³/mol. The summed E-state index contributed by atoms with van der Waals surface area (Å²) in [7, 11) is 3.22. The number of ether oxygens (including phenoxy) is 1. The number of carbonyl (C=O) groups is 1. The molecule has 1 aromatic heterocycles. The number of amides is 2. The van der Waals surface area contributed by atoms with Crippen LogP contribution in [0, 0.1) is 0 Å². The van der Waals surface area contributed by atoms with Gasteiger partial charge in [0.2, 0.25) is 0 Å². The van der Waals surface area contributed by atoms with Gasteiger partial charge < -0.3 is 15.0 Å². The van der Waals surface area contributed by atoms with E-state index in [2.05, 4.69) is 26.2 Å². The van der Waals surface area contributed by atoms with E-state index in [1.54, 1.807) is 43.3 Å². The zero-order valence-electron chi connectivity index (χ0n) is 16.9. The van der Waals surface area contributed by atoms with E-state index in [4.69, 9.17) is 16.3 Å². The summed E-state index contributed by atoms with van der Waals surface area (Å²) in [6, 6.07) is 11.5. The van der Waals surface area contributed by atoms with E-state index in [1.165, 1.54) is 4.57 Å². The number of anilines is 1. The van der Waals surface area contributed by atoms with E-state index in [9.17, 15) is 9.59 Å². The van der Waals surface area contributed by atoms with E-state index < -0.39 is 6.04 Å². The van der Waals surface area contributed by atoms with Crippen LogP contribution in [0.5, 0.6) is 0 Å². The van der Waals surface area contributed by atoms with Crippen molar-refractivity contribution in [1.29, 1.82) is 0 Å². The first-order valence-electron chi connectivity index (χ1n) is 9.30. The zero-order chi connectivity index (χ0) is 21.8. The van der Waals surface area contributed by atoms with Crippen LogP contribution in [0.4, 0.5) is 10.5 Å². The molecule has 30 heavy (non-hydrogen) atoms. The number of halogens is 2. The van der Waals surface area contributed by atoms with Crippen molar-refractivity contribution in [2.45, 2.75) is 13.0 Å². The molecular formula is C21H22BrClN4O3. The number of methoxy groups -OCH3 is 1. The number of nitrogens with zero attached hydrogens (tertiary/aromatic N) is 3. The number of rotatable bonds is 6. The van der Waals surface area contributed by atoms with Crippen LogP contribution in [-0.4, -0.2) is 40.7 Å². The van der Waals surface area contributed by atoms with Gasteiger partial charge in [-0.15, -0.1) is 0 Å². The average Bonchev–Trinajstić information content (AvgIpc) is 2.72. The van der Waals surface area contributed by atoms with Crippen molar-refractivity contribution in [3.8, 4) is 0 Å². The second-order valence-corrected chi connectivity index (χ2v) is 8.06. The molecule has 3 rings (SSSR count). The summed E-state index contributed by atoms with van der Waals surface area (Å²) in [5.41, 5.74) is 0.936. The maximum Gasteiger partial charge on any atom is 0.322 e. The molecule has 9 heteroatoms. The monoisotopic (exact) mass is 492 g/mol. The maximum atomic E-state index is 13.1. The van der Waals surface area contributed by atoms with Crippen LogP contribution < -0.4 is 10.9 Å². The van der Waals surface area contributed by atoms with Gasteiger partial charge in [-0.1, -0.05) is 23.7 Å². The van der Waals surface area contributed by atoms with Gasteiger partial charge in [-0.25, -0.2) is 9.78 Å². The molecular weight excluding hydrogens is 472 g/mol. The van der Waals surface area contributed by atoms with E-state index in [0.29, 0.717) is 40.6 Å². The van der Waals surface area contributed by atoms with Crippen LogP contribution in [0.15, 0.2) is 51.7 Å². The number of nitrogens with one attached hydrogen (secondary N) is 1. The Labute approximate surface area is 187 Å². The Morgan fingerprint density at radius 3 is 2.77 bits per heavy atom. The Morgan fingerprint density at radius 1 is 1.33 bits per heavy atom. The van der Waals surface area contributed by atoms with Gasteiger partial charge >= 0.3 is 6.03 Å². The summed E-state index contributed by atoms with van der Waals surface area (Å²) in [4.78, 5) is 32.2. The van der Waals surface area contributed by atoms with Crippen LogP contribution in [0.3, 0.4) is 0 Å². The fourth-order valence-corrected chi connectivity index (χ4v) is 3.73. The lowest BCUT2D eigenvalue weighted by Gasteiger charge is -2.30. The van der Waals surface area contributed by atoms with Gasteiger partial charge in [-0.2, -0.15) is 0 Å². The van der Waals surface area contributed by atoms with Crippen LogP contribution in [0.1, 0.15) is 18.8 Å². The first-order valence-corrected chi connectivity index (χ1v) is 10.5. The van der Waals surface area contributed by atoms with Crippen molar-refractivity contribution >= 4 is 50.2 Å². The van der Waals surface area contributed by atoms with Crippen molar-refractivity contribution in [3.05, 3.63) is 68.1 Å². The number of aromatic nitrogens is 2. The van der Waals surface area contributed by atoms with Gasteiger partial charge in [0.1, 0.15) is 5.82 Å². The highest BCUT2D eigenvalue weighted by Crippen LogP contribution is 2.25. The number of para-hydroxylation sites is 1. The fraction of sp³-hybridized carbons (Fsp3) is 0.286. The minimum absolute atomic E-state index is 0.198. The van der Waals surface area contributed by atoms with E-state index in [-0.39, 0.29) is 11.6 Å². The Bertz CT molecular complexity index is 1130. The minimum atomic E-state index is -0.497. The maximum absolute atomic E-state index is 13.1. The summed E-state index contributed by atoms with van der Waals surface area (Å²) in [5, 5.41) is 3.86. The molecule has 0 radical (unpaired) electrons. The third-order valence-electron chi connectivity index (χ3n) is 4.83. The number of carbonyl (C=O) groups excluding carboxylic acids is 1. The number of fused-ring (bicyclic) bond motifs is 1. The van der Waals surface area contributed by atoms with E-state index >= 15 is 0 Å². The van der Waals surface area contributed by atoms with Crippen molar-refractivity contribution in [2.75, 3.05) is 25.6 Å². The number of hydrogen-bond donors (Lipinski definition) is 1. The first-order chi connectivity index (χ1) is 14.3. The third-order valence-corrected chi connectivity index (χ3v) is 5.75. The zero-order valence-corrected chi connectivity index (χ0v) is 19.2. The summed E-state index contributed by atoms with van der Waals surface area (Å²) in [6.45, 7) is 2.48. The standard InChI is InChI=1S/C21H22BrClN4O3/c1-13(19-24-18-12-14(23)8-9-15(18)20(28)26(19)2)27(10-11-30-3)21(29)25-17-7-5-4-6-16(17)22/h4-9,12-13H,10-11H2,1-3H3,(H,25,29). The topological polar surface area (TPSA) is 76.5 Å². The molecule has 2 amide bonds. The van der Waals surface area contributed by atoms with Gasteiger partial charge in [0.15, 0.2) is 0 Å². The molecule has 0 aliphatic rings. The van der Waals surface area contributed by atoms with Gasteiger partial charge in [0.25, 0.3) is 5.56 Å². The highest BCUT2D eigenvalue weighted by atomic mass is 79.9. The summed E-state index contributed by atoms with van der Waals surface area (Å²) in [5.74, 6) is 0.452. The molecule has 0 bridgehead atoms. The summed E-state index contributed by atoms with van der Waals surface area (Å²) in [6.07, 6.45) is 0. The van der Waals surface area contributed by atoms with Crippen molar-refractivity contribution in [2.24, 2.45) is 7.05 Å². The van der Waals surface area contributed by atoms with E-state index in [1.807, 2.05) is 25.1 Å². The highest BCUT2D eigenvalue weighted by molar-refractivity contribution is 9.10. The Morgan fingerprint density at radius 2 is 2.07 bits per heavy atom. The van der Waals surface area contributed by atoms with Crippen molar-refractivity contribution in [1.82, 2.24) is 14.5 Å². The Balaban J connectivity index is 2.00. The van der Waals surface area contributed by atoms with Crippen LogP contribution >= 0.6 is 27.5 Å². The molecule has 1 atom stereocenters. The molecule has 7 nitrogen and oxygen atoms in total.